The maximum Gasteiger partial charge on any atom is 0.416 e. The molecule has 1 aliphatic rings. The second-order valence-electron chi connectivity index (χ2n) is 10.7. The van der Waals surface area contributed by atoms with Gasteiger partial charge in [0.05, 0.1) is 47.3 Å². The molecule has 4 aromatic carbocycles. The largest absolute Gasteiger partial charge is 0.416 e. The van der Waals surface area contributed by atoms with Crippen LogP contribution in [0, 0.1) is 18.6 Å². The van der Waals surface area contributed by atoms with Gasteiger partial charge in [-0.3, -0.25) is 9.59 Å². The number of alkyl halides is 3. The maximum atomic E-state index is 15.6. The number of halogens is 5. The second-order valence-corrected chi connectivity index (χ2v) is 11.6. The third kappa shape index (κ3) is 9.17. The molecule has 6 nitrogen and oxygen atoms in total. The molecule has 0 unspecified atom stereocenters. The Morgan fingerprint density at radius 3 is 2.36 bits per heavy atom. The van der Waals surface area contributed by atoms with Gasteiger partial charge in [-0.25, -0.2) is 8.78 Å². The zero-order valence-corrected chi connectivity index (χ0v) is 28.0. The minimum atomic E-state index is -5.51. The normalized spacial score (nSPS) is 25.9. The van der Waals surface area contributed by atoms with Crippen LogP contribution in [0.2, 0.25) is 0 Å². The minimum Gasteiger partial charge on any atom is -0.383 e. The number of rotatable bonds is 12. The monoisotopic (exact) mass is 775 g/mol. The first-order valence-electron chi connectivity index (χ1n) is 27.9. The first-order chi connectivity index (χ1) is 35.8. The number of likely N-dealkylation sites (tertiary alicyclic amines) is 1. The quantitative estimate of drug-likeness (QED) is 0.0939. The highest BCUT2D eigenvalue weighted by Crippen LogP contribution is 2.32. The van der Waals surface area contributed by atoms with Crippen molar-refractivity contribution in [3.8, 4) is 11.1 Å². The number of pyridine rings is 1. The molecular weight excluding hydrogens is 710 g/mol. The van der Waals surface area contributed by atoms with E-state index in [1.54, 1.807) is 0 Å². The molecule has 0 bridgehead atoms. The molecule has 53 heavy (non-hydrogen) atoms. The predicted molar refractivity (Wildman–Crippen MR) is 198 cm³/mol. The number of benzene rings is 4. The summed E-state index contributed by atoms with van der Waals surface area (Å²) in [7, 11) is 0.717. The van der Waals surface area contributed by atoms with Crippen LogP contribution in [0.5, 0.6) is 0 Å². The number of hydrogen-bond acceptors (Lipinski definition) is 5. The highest BCUT2D eigenvalue weighted by Gasteiger charge is 2.31. The van der Waals surface area contributed by atoms with Crippen LogP contribution >= 0.6 is 11.8 Å². The van der Waals surface area contributed by atoms with Crippen molar-refractivity contribution in [2.75, 3.05) is 33.2 Å². The van der Waals surface area contributed by atoms with Crippen molar-refractivity contribution in [3.05, 3.63) is 135 Å². The van der Waals surface area contributed by atoms with Gasteiger partial charge in [0, 0.05) is 72.9 Å². The van der Waals surface area contributed by atoms with Crippen molar-refractivity contribution < 1.29 is 67.1 Å². The SMILES string of the molecule is [2H]c1c([2H])c(F)c(F)c(CSc2c([2H])c(=O)c3c([2H])c(C)c([2H])c([2H])c3n2CC(=O)N(Cc2c([2H])c([2H])c(-c3c([2H])c([2H])c(C(F)(F)F)c([2H])c3[2H])c([2H])c2[2H])C2([2H])C([2H])([2H])C([2H])([2H])N(CC([2H])([2H])OC)C([2H])([2H])C2([2H])[2H])c1[2H]. The highest BCUT2D eigenvalue weighted by atomic mass is 32.2. The topological polar surface area (TPSA) is 54.8 Å². The lowest BCUT2D eigenvalue weighted by molar-refractivity contribution is -0.137. The molecule has 0 aliphatic carbocycles. The molecule has 2 heterocycles. The van der Waals surface area contributed by atoms with E-state index in [4.69, 9.17) is 28.8 Å². The average molecular weight is 776 g/mol. The Bertz CT molecular complexity index is 3380. The average Bonchev–Trinajstić information content (AvgIpc) is 3.35. The van der Waals surface area contributed by atoms with Crippen molar-refractivity contribution in [3.63, 3.8) is 0 Å². The van der Waals surface area contributed by atoms with Gasteiger partial charge in [0.1, 0.15) is 6.54 Å². The zero-order valence-electron chi connectivity index (χ0n) is 53.2. The highest BCUT2D eigenvalue weighted by molar-refractivity contribution is 7.98. The summed E-state index contributed by atoms with van der Waals surface area (Å²) >= 11 is 0.0751. The number of hydrogen-bond donors (Lipinski definition) is 0. The summed E-state index contributed by atoms with van der Waals surface area (Å²) in [4.78, 5) is 28.9. The summed E-state index contributed by atoms with van der Waals surface area (Å²) in [5.74, 6) is -6.94. The van der Waals surface area contributed by atoms with Crippen molar-refractivity contribution in [2.24, 2.45) is 0 Å². The maximum absolute atomic E-state index is 15.6. The Kier molecular flexibility index (Phi) is 5.44. The van der Waals surface area contributed by atoms with Crippen molar-refractivity contribution >= 4 is 28.6 Å². The van der Waals surface area contributed by atoms with Crippen molar-refractivity contribution in [2.45, 2.75) is 55.7 Å². The van der Waals surface area contributed by atoms with Crippen LogP contribution in [0.25, 0.3) is 22.0 Å². The van der Waals surface area contributed by atoms with Crippen LogP contribution in [0.15, 0.2) is 100 Å². The molecule has 12 heteroatoms. The van der Waals surface area contributed by atoms with E-state index in [1.165, 1.54) is 0 Å². The molecule has 5 aromatic rings. The number of ether oxygens (including phenoxy) is 1. The lowest BCUT2D eigenvalue weighted by Crippen LogP contribution is -2.48. The number of carbonyl (C=O) groups excluding carboxylic acids is 1. The van der Waals surface area contributed by atoms with Crippen molar-refractivity contribution in [1.29, 1.82) is 0 Å². The predicted octanol–water partition coefficient (Wildman–Crippen LogP) is 8.71. The molecule has 0 radical (unpaired) electrons. The molecule has 1 aromatic heterocycles. The van der Waals surface area contributed by atoms with E-state index < -0.39 is 227 Å². The number of piperidine rings is 1. The molecule has 0 saturated carbocycles. The standard InChI is InChI=1S/C41H40F5N3O3S/c1-27-6-15-36-34(22-27)37(50)23-39(53-26-31-4-3-5-35(42)40(31)43)49(36)25-38(51)48(33-16-18-47(19-17-33)20-21-52-2)24-28-7-9-29(10-8-28)30-11-13-32(14-12-30)41(44,45)46/h3-15,22-23,33H,16-21,24-26H2,1-2H3/i3D,4D,5D,6D,7D,8D,9D,10D,11D,12D,13D,14D,15D,16D2,17D2,18D2,19D2,21D2,22D,23D,33D. The van der Waals surface area contributed by atoms with Crippen LogP contribution in [-0.2, 0) is 34.6 Å². The van der Waals surface area contributed by atoms with E-state index in [-0.39, 0.29) is 27.1 Å². The number of amides is 1. The number of thioether (sulfide) groups is 1. The molecule has 1 saturated heterocycles. The molecular formula is C41H40F5N3O3S. The summed E-state index contributed by atoms with van der Waals surface area (Å²) in [6.45, 7) is -15.8. The fourth-order valence-electron chi connectivity index (χ4n) is 4.53. The fourth-order valence-corrected chi connectivity index (χ4v) is 5.49. The van der Waals surface area contributed by atoms with Gasteiger partial charge in [0.25, 0.3) is 0 Å². The van der Waals surface area contributed by atoms with E-state index in [0.29, 0.717) is 4.57 Å². The fraction of sp³-hybridized carbons (Fsp3) is 0.317. The zero-order chi connectivity index (χ0) is 60.6. The molecule has 0 spiro atoms. The summed E-state index contributed by atoms with van der Waals surface area (Å²) in [6.07, 6.45) is -14.4. The minimum absolute atomic E-state index is 0.0751. The lowest BCUT2D eigenvalue weighted by atomic mass is 10.00. The summed E-state index contributed by atoms with van der Waals surface area (Å²) < 4.78 is 304. The van der Waals surface area contributed by atoms with E-state index in [2.05, 4.69) is 4.74 Å². The van der Waals surface area contributed by atoms with Crippen LogP contribution in [0.4, 0.5) is 22.0 Å². The molecule has 278 valence electrons. The third-order valence-electron chi connectivity index (χ3n) is 7.08. The summed E-state index contributed by atoms with van der Waals surface area (Å²) in [5, 5.41) is -1.86. The molecule has 6 rings (SSSR count). The third-order valence-corrected chi connectivity index (χ3v) is 8.11. The summed E-state index contributed by atoms with van der Waals surface area (Å²) in [5.41, 5.74) is -9.56. The molecule has 1 fully saturated rings. The first-order valence-corrected chi connectivity index (χ1v) is 15.9. The number of aromatic nitrogens is 1. The van der Waals surface area contributed by atoms with Crippen LogP contribution in [0.3, 0.4) is 0 Å². The Balaban J connectivity index is 1.73. The van der Waals surface area contributed by atoms with Crippen LogP contribution in [0.1, 0.15) is 70.6 Å². The number of methoxy groups -OCH3 is 1. The lowest BCUT2D eigenvalue weighted by Gasteiger charge is -2.39. The first kappa shape index (κ1) is 17.3. The van der Waals surface area contributed by atoms with Gasteiger partial charge in [-0.15, -0.1) is 11.8 Å². The second kappa shape index (κ2) is 16.7. The van der Waals surface area contributed by atoms with Gasteiger partial charge in [0.2, 0.25) is 5.91 Å². The molecule has 0 atom stereocenters. The van der Waals surface area contributed by atoms with Crippen molar-refractivity contribution in [1.82, 2.24) is 14.4 Å². The smallest absolute Gasteiger partial charge is 0.383 e. The Morgan fingerprint density at radius 2 is 1.70 bits per heavy atom. The molecule has 1 amide bonds. The molecule has 0 N–H and O–H groups in total. The van der Waals surface area contributed by atoms with Gasteiger partial charge < -0.3 is 19.1 Å². The van der Waals surface area contributed by atoms with Gasteiger partial charge in [0.15, 0.2) is 17.1 Å². The van der Waals surface area contributed by atoms with Crippen LogP contribution < -0.4 is 5.43 Å². The Hall–Kier alpha value is -4.52. The van der Waals surface area contributed by atoms with Gasteiger partial charge in [-0.05, 0) is 66.6 Å². The molecule has 1 aliphatic heterocycles. The van der Waals surface area contributed by atoms with Gasteiger partial charge >= 0.3 is 6.18 Å². The number of fused-ring (bicyclic) bond motifs is 1. The number of carbonyl (C=O) groups is 1. The Labute approximate surface area is 345 Å². The Morgan fingerprint density at radius 1 is 1.02 bits per heavy atom. The van der Waals surface area contributed by atoms with Gasteiger partial charge in [-0.1, -0.05) is 59.9 Å². The van der Waals surface area contributed by atoms with Crippen LogP contribution in [-0.4, -0.2) is 59.5 Å². The van der Waals surface area contributed by atoms with Gasteiger partial charge in [-0.2, -0.15) is 13.2 Å². The van der Waals surface area contributed by atoms with E-state index in [1.807, 2.05) is 0 Å². The van der Waals surface area contributed by atoms with E-state index in [0.717, 1.165) is 14.0 Å². The van der Waals surface area contributed by atoms with E-state index >= 15 is 9.18 Å². The van der Waals surface area contributed by atoms with E-state index in [9.17, 15) is 29.2 Å². The summed E-state index contributed by atoms with van der Waals surface area (Å²) in [6, 6.07) is -24.5. The number of nitrogens with zero attached hydrogens (tertiary/aromatic N) is 3.